The summed E-state index contributed by atoms with van der Waals surface area (Å²) in [5.41, 5.74) is 0. The fourth-order valence-electron chi connectivity index (χ4n) is 1.92. The summed E-state index contributed by atoms with van der Waals surface area (Å²) < 4.78 is 61.7. The van der Waals surface area contributed by atoms with Gasteiger partial charge in [0.1, 0.15) is 11.6 Å². The molecule has 1 N–H and O–H groups in total. The molecular formula is C17H17F2NO5S2. The number of hydrogen-bond donors (Lipinski definition) is 1. The number of rotatable bonds is 9. The second-order valence-electron chi connectivity index (χ2n) is 5.13. The highest BCUT2D eigenvalue weighted by Crippen LogP contribution is 2.22. The first kappa shape index (κ1) is 21.1. The highest BCUT2D eigenvalue weighted by Gasteiger charge is 2.19. The molecule has 6 nitrogen and oxygen atoms in total. The Bertz CT molecular complexity index is 858. The number of methoxy groups -OCH3 is 1. The third-order valence-corrected chi connectivity index (χ3v) is 5.73. The summed E-state index contributed by atoms with van der Waals surface area (Å²) in [5, 5.41) is 0. The molecule has 10 heteroatoms. The van der Waals surface area contributed by atoms with E-state index in [0.717, 1.165) is 24.1 Å². The minimum absolute atomic E-state index is 0.0122. The number of carbonyl (C=O) groups excluding carboxylic acids is 1. The standard InChI is InChI=1S/C17H17F2NO5S2/c1-24-17(21)16(19)25-13-4-6-14(7-5-13)26-11-10-20-27(22,23)15-8-2-12(18)3-9-15/h2-9,16,20H,10-11H2,1H3. The molecule has 0 spiro atoms. The third kappa shape index (κ3) is 6.49. The maximum atomic E-state index is 13.3. The van der Waals surface area contributed by atoms with E-state index in [1.807, 2.05) is 0 Å². The molecule has 2 rings (SSSR count). The Balaban J connectivity index is 1.80. The number of hydrogen-bond acceptors (Lipinski definition) is 6. The fraction of sp³-hybridized carbons (Fsp3) is 0.235. The molecule has 2 aromatic carbocycles. The van der Waals surface area contributed by atoms with Gasteiger partial charge in [-0.05, 0) is 48.5 Å². The van der Waals surface area contributed by atoms with Crippen molar-refractivity contribution in [3.05, 3.63) is 54.3 Å². The molecule has 0 saturated heterocycles. The molecular weight excluding hydrogens is 400 g/mol. The largest absolute Gasteiger partial charge is 0.464 e. The number of halogens is 2. The molecule has 0 saturated carbocycles. The zero-order valence-corrected chi connectivity index (χ0v) is 15.9. The predicted molar refractivity (Wildman–Crippen MR) is 96.3 cm³/mol. The molecule has 0 amide bonds. The third-order valence-electron chi connectivity index (χ3n) is 3.24. The summed E-state index contributed by atoms with van der Waals surface area (Å²) in [6, 6.07) is 10.8. The number of sulfonamides is 1. The highest BCUT2D eigenvalue weighted by atomic mass is 32.2. The summed E-state index contributed by atoms with van der Waals surface area (Å²) in [6.45, 7) is 0.164. The minimum atomic E-state index is -3.70. The van der Waals surface area contributed by atoms with Crippen LogP contribution in [0.15, 0.2) is 58.3 Å². The first-order valence-corrected chi connectivity index (χ1v) is 10.2. The van der Waals surface area contributed by atoms with E-state index in [9.17, 15) is 22.0 Å². The number of thioether (sulfide) groups is 1. The van der Waals surface area contributed by atoms with Crippen LogP contribution in [-0.2, 0) is 19.6 Å². The van der Waals surface area contributed by atoms with Crippen LogP contribution in [0.25, 0.3) is 0 Å². The van der Waals surface area contributed by atoms with Gasteiger partial charge in [0.2, 0.25) is 10.0 Å². The van der Waals surface area contributed by atoms with Gasteiger partial charge in [0.05, 0.1) is 12.0 Å². The number of carbonyl (C=O) groups is 1. The molecule has 0 fully saturated rings. The smallest absolute Gasteiger partial charge is 0.380 e. The van der Waals surface area contributed by atoms with E-state index in [4.69, 9.17) is 4.74 Å². The van der Waals surface area contributed by atoms with Crippen molar-refractivity contribution in [1.29, 1.82) is 0 Å². The van der Waals surface area contributed by atoms with E-state index in [0.29, 0.717) is 5.75 Å². The van der Waals surface area contributed by atoms with Crippen molar-refractivity contribution in [2.24, 2.45) is 0 Å². The van der Waals surface area contributed by atoms with Gasteiger partial charge in [-0.15, -0.1) is 11.8 Å². The normalized spacial score (nSPS) is 12.4. The summed E-state index contributed by atoms with van der Waals surface area (Å²) in [7, 11) is -2.64. The van der Waals surface area contributed by atoms with Gasteiger partial charge in [-0.3, -0.25) is 0 Å². The molecule has 2 aromatic rings. The van der Waals surface area contributed by atoms with E-state index < -0.39 is 28.2 Å². The average molecular weight is 417 g/mol. The SMILES string of the molecule is COC(=O)C(F)Oc1ccc(SCCNS(=O)(=O)c2ccc(F)cc2)cc1. The molecule has 1 atom stereocenters. The Morgan fingerprint density at radius 1 is 1.15 bits per heavy atom. The van der Waals surface area contributed by atoms with Crippen molar-refractivity contribution in [3.63, 3.8) is 0 Å². The van der Waals surface area contributed by atoms with Crippen molar-refractivity contribution >= 4 is 27.8 Å². The van der Waals surface area contributed by atoms with E-state index in [1.165, 1.54) is 36.0 Å². The molecule has 0 heterocycles. The molecule has 0 aliphatic heterocycles. The van der Waals surface area contributed by atoms with Crippen molar-refractivity contribution in [2.45, 2.75) is 16.1 Å². The van der Waals surface area contributed by atoms with E-state index in [-0.39, 0.29) is 17.2 Å². The zero-order valence-electron chi connectivity index (χ0n) is 14.2. The summed E-state index contributed by atoms with van der Waals surface area (Å²) in [6.07, 6.45) is -2.20. The number of esters is 1. The molecule has 0 aliphatic carbocycles. The Morgan fingerprint density at radius 3 is 2.37 bits per heavy atom. The van der Waals surface area contributed by atoms with Crippen LogP contribution in [0, 0.1) is 5.82 Å². The van der Waals surface area contributed by atoms with Crippen molar-refractivity contribution in [2.75, 3.05) is 19.4 Å². The van der Waals surface area contributed by atoms with Crippen molar-refractivity contribution in [1.82, 2.24) is 4.72 Å². The molecule has 27 heavy (non-hydrogen) atoms. The molecule has 146 valence electrons. The summed E-state index contributed by atoms with van der Waals surface area (Å²) in [4.78, 5) is 11.7. The monoisotopic (exact) mass is 417 g/mol. The highest BCUT2D eigenvalue weighted by molar-refractivity contribution is 7.99. The first-order valence-electron chi connectivity index (χ1n) is 7.68. The van der Waals surface area contributed by atoms with Gasteiger partial charge in [0.15, 0.2) is 0 Å². The quantitative estimate of drug-likeness (QED) is 0.384. The Kier molecular flexibility index (Phi) is 7.57. The van der Waals surface area contributed by atoms with Crippen LogP contribution in [0.4, 0.5) is 8.78 Å². The second-order valence-corrected chi connectivity index (χ2v) is 8.06. The molecule has 0 aliphatic rings. The second kappa shape index (κ2) is 9.67. The van der Waals surface area contributed by atoms with Gasteiger partial charge >= 0.3 is 12.3 Å². The molecule has 0 bridgehead atoms. The summed E-state index contributed by atoms with van der Waals surface area (Å²) >= 11 is 1.37. The van der Waals surface area contributed by atoms with Gasteiger partial charge in [-0.1, -0.05) is 0 Å². The van der Waals surface area contributed by atoms with Crippen LogP contribution in [0.2, 0.25) is 0 Å². The van der Waals surface area contributed by atoms with Crippen LogP contribution >= 0.6 is 11.8 Å². The molecule has 1 unspecified atom stereocenters. The van der Waals surface area contributed by atoms with Crippen LogP contribution in [0.1, 0.15) is 0 Å². The van der Waals surface area contributed by atoms with Gasteiger partial charge in [0, 0.05) is 17.2 Å². The first-order chi connectivity index (χ1) is 12.8. The topological polar surface area (TPSA) is 81.7 Å². The van der Waals surface area contributed by atoms with Gasteiger partial charge in [-0.25, -0.2) is 22.3 Å². The van der Waals surface area contributed by atoms with Gasteiger partial charge in [0.25, 0.3) is 0 Å². The lowest BCUT2D eigenvalue weighted by molar-refractivity contribution is -0.157. The Labute approximate surface area is 159 Å². The lowest BCUT2D eigenvalue weighted by Crippen LogP contribution is -2.26. The summed E-state index contributed by atoms with van der Waals surface area (Å²) in [5.74, 6) is -1.03. The molecule has 0 aromatic heterocycles. The van der Waals surface area contributed by atoms with E-state index in [2.05, 4.69) is 9.46 Å². The Morgan fingerprint density at radius 2 is 1.78 bits per heavy atom. The number of nitrogens with one attached hydrogen (secondary N) is 1. The maximum absolute atomic E-state index is 13.3. The lowest BCUT2D eigenvalue weighted by atomic mass is 10.3. The van der Waals surface area contributed by atoms with Crippen molar-refractivity contribution in [3.8, 4) is 5.75 Å². The number of ether oxygens (including phenoxy) is 2. The van der Waals surface area contributed by atoms with Crippen molar-refractivity contribution < 1.29 is 31.5 Å². The lowest BCUT2D eigenvalue weighted by Gasteiger charge is -2.10. The number of benzene rings is 2. The molecule has 0 radical (unpaired) electrons. The van der Waals surface area contributed by atoms with Crippen LogP contribution in [-0.4, -0.2) is 40.2 Å². The van der Waals surface area contributed by atoms with Crippen LogP contribution < -0.4 is 9.46 Å². The van der Waals surface area contributed by atoms with Gasteiger partial charge in [-0.2, -0.15) is 4.39 Å². The van der Waals surface area contributed by atoms with E-state index in [1.54, 1.807) is 12.1 Å². The maximum Gasteiger partial charge on any atom is 0.380 e. The van der Waals surface area contributed by atoms with Crippen LogP contribution in [0.5, 0.6) is 5.75 Å². The van der Waals surface area contributed by atoms with E-state index >= 15 is 0 Å². The van der Waals surface area contributed by atoms with Gasteiger partial charge < -0.3 is 9.47 Å². The average Bonchev–Trinajstić information content (AvgIpc) is 2.66. The Hall–Kier alpha value is -2.17. The van der Waals surface area contributed by atoms with Crippen LogP contribution in [0.3, 0.4) is 0 Å². The fourth-order valence-corrected chi connectivity index (χ4v) is 3.85. The predicted octanol–water partition coefficient (Wildman–Crippen LogP) is 2.74. The zero-order chi connectivity index (χ0) is 19.9. The minimum Gasteiger partial charge on any atom is -0.464 e. The number of alkyl halides is 1.